The molecule has 0 aromatic carbocycles. The Balaban J connectivity index is 2.44. The minimum atomic E-state index is -3.48. The molecule has 0 bridgehead atoms. The van der Waals surface area contributed by atoms with E-state index in [4.69, 9.17) is 0 Å². The van der Waals surface area contributed by atoms with Gasteiger partial charge in [-0.3, -0.25) is 9.36 Å². The van der Waals surface area contributed by atoms with E-state index in [1.165, 1.54) is 19.1 Å². The molecule has 1 saturated heterocycles. The molecule has 1 amide bonds. The quantitative estimate of drug-likeness (QED) is 0.442. The van der Waals surface area contributed by atoms with Gasteiger partial charge in [-0.1, -0.05) is 0 Å². The smallest absolute Gasteiger partial charge is 0.376 e. The molecule has 18 heavy (non-hydrogen) atoms. The standard InChI is InChI=1S/C10H18NO6P/c1-15-18(14,16-2)8-9(12)17-10(13)11-6-4-3-5-7-11/h3-8H2,1-2H3. The molecule has 0 aromatic heterocycles. The third-order valence-electron chi connectivity index (χ3n) is 2.69. The fourth-order valence-electron chi connectivity index (χ4n) is 1.63. The van der Waals surface area contributed by atoms with E-state index in [-0.39, 0.29) is 0 Å². The fraction of sp³-hybridized carbons (Fsp3) is 0.800. The van der Waals surface area contributed by atoms with Crippen LogP contribution in [-0.4, -0.2) is 50.4 Å². The lowest BCUT2D eigenvalue weighted by Crippen LogP contribution is -2.37. The second-order valence-electron chi connectivity index (χ2n) is 3.92. The Morgan fingerprint density at radius 3 is 2.17 bits per heavy atom. The van der Waals surface area contributed by atoms with Crippen molar-refractivity contribution in [2.75, 3.05) is 33.5 Å². The summed E-state index contributed by atoms with van der Waals surface area (Å²) in [6.07, 6.45) is 1.61. The first kappa shape index (κ1) is 15.1. The highest BCUT2D eigenvalue weighted by molar-refractivity contribution is 7.54. The Labute approximate surface area is 106 Å². The van der Waals surface area contributed by atoms with E-state index in [1.54, 1.807) is 0 Å². The summed E-state index contributed by atoms with van der Waals surface area (Å²) in [6, 6.07) is 0. The van der Waals surface area contributed by atoms with Gasteiger partial charge in [0.05, 0.1) is 0 Å². The number of nitrogens with zero attached hydrogens (tertiary/aromatic N) is 1. The minimum absolute atomic E-state index is 0.570. The van der Waals surface area contributed by atoms with Crippen LogP contribution in [0.25, 0.3) is 0 Å². The monoisotopic (exact) mass is 279 g/mol. The van der Waals surface area contributed by atoms with Gasteiger partial charge in [-0.05, 0) is 19.3 Å². The first-order valence-electron chi connectivity index (χ1n) is 5.71. The molecule has 8 heteroatoms. The Morgan fingerprint density at radius 1 is 1.11 bits per heavy atom. The van der Waals surface area contributed by atoms with Gasteiger partial charge in [-0.2, -0.15) is 0 Å². The molecule has 1 heterocycles. The fourth-order valence-corrected chi connectivity index (χ4v) is 2.42. The summed E-state index contributed by atoms with van der Waals surface area (Å²) in [6.45, 7) is 1.16. The average Bonchev–Trinajstić information content (AvgIpc) is 2.39. The maximum absolute atomic E-state index is 11.6. The molecule has 0 N–H and O–H groups in total. The van der Waals surface area contributed by atoms with E-state index in [0.29, 0.717) is 13.1 Å². The highest BCUT2D eigenvalue weighted by Crippen LogP contribution is 2.46. The van der Waals surface area contributed by atoms with Crippen LogP contribution in [0.4, 0.5) is 4.79 Å². The normalized spacial score (nSPS) is 16.4. The lowest BCUT2D eigenvalue weighted by Gasteiger charge is -2.25. The number of ether oxygens (including phenoxy) is 1. The number of amides is 1. The van der Waals surface area contributed by atoms with Gasteiger partial charge in [0.15, 0.2) is 0 Å². The number of likely N-dealkylation sites (tertiary alicyclic amines) is 1. The van der Waals surface area contributed by atoms with Crippen LogP contribution in [0.5, 0.6) is 0 Å². The molecule has 104 valence electrons. The second kappa shape index (κ2) is 6.87. The molecule has 1 rings (SSSR count). The molecule has 0 aliphatic carbocycles. The number of esters is 1. The molecule has 0 saturated carbocycles. The topological polar surface area (TPSA) is 82.1 Å². The van der Waals surface area contributed by atoms with Gasteiger partial charge in [0.25, 0.3) is 0 Å². The summed E-state index contributed by atoms with van der Waals surface area (Å²) in [7, 11) is -1.14. The molecule has 0 atom stereocenters. The number of carbonyl (C=O) groups is 2. The third kappa shape index (κ3) is 4.40. The van der Waals surface area contributed by atoms with E-state index in [1.807, 2.05) is 0 Å². The zero-order chi connectivity index (χ0) is 13.6. The molecule has 0 unspecified atom stereocenters. The van der Waals surface area contributed by atoms with E-state index in [0.717, 1.165) is 19.3 Å². The van der Waals surface area contributed by atoms with Crippen LogP contribution >= 0.6 is 7.60 Å². The Kier molecular flexibility index (Phi) is 5.78. The summed E-state index contributed by atoms with van der Waals surface area (Å²) in [5.74, 6) is -0.905. The van der Waals surface area contributed by atoms with Gasteiger partial charge in [0.2, 0.25) is 0 Å². The van der Waals surface area contributed by atoms with E-state index >= 15 is 0 Å². The van der Waals surface area contributed by atoms with Crippen LogP contribution in [0.15, 0.2) is 0 Å². The van der Waals surface area contributed by atoms with Crippen LogP contribution in [0.3, 0.4) is 0 Å². The molecule has 1 fully saturated rings. The van der Waals surface area contributed by atoms with Crippen molar-refractivity contribution in [2.45, 2.75) is 19.3 Å². The van der Waals surface area contributed by atoms with Crippen molar-refractivity contribution in [2.24, 2.45) is 0 Å². The maximum Gasteiger partial charge on any atom is 0.417 e. The zero-order valence-corrected chi connectivity index (χ0v) is 11.5. The first-order valence-corrected chi connectivity index (χ1v) is 7.43. The second-order valence-corrected chi connectivity index (χ2v) is 6.19. The van der Waals surface area contributed by atoms with Crippen LogP contribution in [0.1, 0.15) is 19.3 Å². The molecule has 1 aliphatic heterocycles. The van der Waals surface area contributed by atoms with Gasteiger partial charge in [0, 0.05) is 27.3 Å². The lowest BCUT2D eigenvalue weighted by molar-refractivity contribution is -0.135. The van der Waals surface area contributed by atoms with E-state index in [2.05, 4.69) is 13.8 Å². The third-order valence-corrected chi connectivity index (χ3v) is 4.45. The Hall–Kier alpha value is -0.910. The average molecular weight is 279 g/mol. The van der Waals surface area contributed by atoms with Crippen LogP contribution < -0.4 is 0 Å². The molecule has 0 radical (unpaired) electrons. The number of hydrogen-bond donors (Lipinski definition) is 0. The van der Waals surface area contributed by atoms with Crippen molar-refractivity contribution in [3.05, 3.63) is 0 Å². The number of piperidine rings is 1. The zero-order valence-electron chi connectivity index (χ0n) is 10.6. The number of carbonyl (C=O) groups excluding carboxylic acids is 2. The van der Waals surface area contributed by atoms with Gasteiger partial charge in [-0.15, -0.1) is 0 Å². The van der Waals surface area contributed by atoms with Crippen molar-refractivity contribution >= 4 is 19.7 Å². The van der Waals surface area contributed by atoms with Gasteiger partial charge < -0.3 is 18.7 Å². The lowest BCUT2D eigenvalue weighted by atomic mass is 10.1. The van der Waals surface area contributed by atoms with Crippen LogP contribution in [0, 0.1) is 0 Å². The minimum Gasteiger partial charge on any atom is -0.376 e. The summed E-state index contributed by atoms with van der Waals surface area (Å²) in [5.41, 5.74) is 0. The number of rotatable bonds is 4. The molecule has 7 nitrogen and oxygen atoms in total. The summed E-state index contributed by atoms with van der Waals surface area (Å²) < 4.78 is 25.4. The summed E-state index contributed by atoms with van der Waals surface area (Å²) in [5, 5.41) is 0. The summed E-state index contributed by atoms with van der Waals surface area (Å²) >= 11 is 0. The van der Waals surface area contributed by atoms with Crippen molar-refractivity contribution in [1.82, 2.24) is 4.90 Å². The summed E-state index contributed by atoms with van der Waals surface area (Å²) in [4.78, 5) is 24.5. The highest BCUT2D eigenvalue weighted by Gasteiger charge is 2.29. The van der Waals surface area contributed by atoms with Gasteiger partial charge in [0.1, 0.15) is 6.16 Å². The van der Waals surface area contributed by atoms with Crippen molar-refractivity contribution in [3.8, 4) is 0 Å². The van der Waals surface area contributed by atoms with E-state index in [9.17, 15) is 14.2 Å². The largest absolute Gasteiger partial charge is 0.417 e. The first-order chi connectivity index (χ1) is 8.50. The molecular formula is C10H18NO6P. The SMILES string of the molecule is COP(=O)(CC(=O)OC(=O)N1CCCCC1)OC. The predicted molar refractivity (Wildman–Crippen MR) is 63.4 cm³/mol. The van der Waals surface area contributed by atoms with Gasteiger partial charge >= 0.3 is 19.7 Å². The predicted octanol–water partition coefficient (Wildman–Crippen LogP) is 1.62. The van der Waals surface area contributed by atoms with Crippen LogP contribution in [0.2, 0.25) is 0 Å². The Morgan fingerprint density at radius 2 is 1.67 bits per heavy atom. The van der Waals surface area contributed by atoms with Crippen molar-refractivity contribution in [3.63, 3.8) is 0 Å². The Bertz CT molecular complexity index is 344. The highest BCUT2D eigenvalue weighted by atomic mass is 31.2. The van der Waals surface area contributed by atoms with Gasteiger partial charge in [-0.25, -0.2) is 4.79 Å². The van der Waals surface area contributed by atoms with E-state index < -0.39 is 25.8 Å². The maximum atomic E-state index is 11.6. The molecule has 0 spiro atoms. The number of hydrogen-bond acceptors (Lipinski definition) is 6. The molecular weight excluding hydrogens is 261 g/mol. The van der Waals surface area contributed by atoms with Crippen molar-refractivity contribution in [1.29, 1.82) is 0 Å². The van der Waals surface area contributed by atoms with Crippen molar-refractivity contribution < 1.29 is 27.9 Å². The van der Waals surface area contributed by atoms with Crippen LogP contribution in [-0.2, 0) is 23.1 Å². The molecule has 1 aliphatic rings. The molecule has 0 aromatic rings.